The third-order valence-corrected chi connectivity index (χ3v) is 4.22. The first kappa shape index (κ1) is 13.0. The molecule has 2 aromatic rings. The van der Waals surface area contributed by atoms with Crippen molar-refractivity contribution in [3.63, 3.8) is 0 Å². The van der Waals surface area contributed by atoms with Gasteiger partial charge < -0.3 is 10.6 Å². The average Bonchev–Trinajstić information content (AvgIpc) is 2.48. The molecule has 1 fully saturated rings. The van der Waals surface area contributed by atoms with E-state index in [4.69, 9.17) is 5.73 Å². The second-order valence-corrected chi connectivity index (χ2v) is 5.66. The first-order valence-electron chi connectivity index (χ1n) is 7.43. The minimum atomic E-state index is 0.452. The Morgan fingerprint density at radius 2 is 1.90 bits per heavy atom. The molecule has 0 radical (unpaired) electrons. The van der Waals surface area contributed by atoms with Crippen molar-refractivity contribution in [1.82, 2.24) is 0 Å². The molecule has 0 aromatic heterocycles. The Morgan fingerprint density at radius 3 is 2.70 bits per heavy atom. The molecule has 1 unspecified atom stereocenters. The van der Waals surface area contributed by atoms with E-state index in [2.05, 4.69) is 54.3 Å². The molecule has 1 aliphatic rings. The van der Waals surface area contributed by atoms with Crippen LogP contribution in [0.2, 0.25) is 0 Å². The lowest BCUT2D eigenvalue weighted by Crippen LogP contribution is -2.33. The quantitative estimate of drug-likeness (QED) is 0.821. The van der Waals surface area contributed by atoms with Crippen LogP contribution in [-0.2, 0) is 0 Å². The summed E-state index contributed by atoms with van der Waals surface area (Å²) < 4.78 is 0. The van der Waals surface area contributed by atoms with Gasteiger partial charge in [0.15, 0.2) is 0 Å². The fourth-order valence-electron chi connectivity index (χ4n) is 3.22. The Labute approximate surface area is 121 Å². The Hall–Kier alpha value is -1.96. The predicted octanol–water partition coefficient (Wildman–Crippen LogP) is 4.31. The van der Waals surface area contributed by atoms with Gasteiger partial charge in [-0.25, -0.2) is 0 Å². The van der Waals surface area contributed by atoms with E-state index in [1.54, 1.807) is 0 Å². The number of benzene rings is 2. The van der Waals surface area contributed by atoms with E-state index in [0.717, 1.165) is 12.2 Å². The number of nitrogen functional groups attached to an aromatic ring is 1. The average molecular weight is 266 g/mol. The highest BCUT2D eigenvalue weighted by molar-refractivity contribution is 5.56. The van der Waals surface area contributed by atoms with Crippen molar-refractivity contribution in [3.8, 4) is 0 Å². The third kappa shape index (κ3) is 2.51. The van der Waals surface area contributed by atoms with Gasteiger partial charge in [0.05, 0.1) is 6.04 Å². The van der Waals surface area contributed by atoms with E-state index >= 15 is 0 Å². The van der Waals surface area contributed by atoms with Gasteiger partial charge in [0.25, 0.3) is 0 Å². The highest BCUT2D eigenvalue weighted by atomic mass is 15.2. The van der Waals surface area contributed by atoms with Crippen LogP contribution < -0.4 is 10.6 Å². The van der Waals surface area contributed by atoms with Crippen LogP contribution in [0.4, 0.5) is 11.4 Å². The highest BCUT2D eigenvalue weighted by Crippen LogP contribution is 2.36. The maximum atomic E-state index is 5.96. The van der Waals surface area contributed by atoms with Gasteiger partial charge in [-0.1, -0.05) is 30.3 Å². The van der Waals surface area contributed by atoms with Crippen LogP contribution in [0.25, 0.3) is 0 Å². The molecule has 20 heavy (non-hydrogen) atoms. The molecule has 104 valence electrons. The number of nitrogens with two attached hydrogens (primary N) is 1. The number of rotatable bonds is 2. The van der Waals surface area contributed by atoms with Gasteiger partial charge >= 0.3 is 0 Å². The van der Waals surface area contributed by atoms with E-state index in [9.17, 15) is 0 Å². The van der Waals surface area contributed by atoms with Gasteiger partial charge in [0.1, 0.15) is 0 Å². The number of aryl methyl sites for hydroxylation is 1. The van der Waals surface area contributed by atoms with Crippen LogP contribution in [0.15, 0.2) is 48.5 Å². The van der Waals surface area contributed by atoms with Gasteiger partial charge in [-0.15, -0.1) is 0 Å². The van der Waals surface area contributed by atoms with Crippen LogP contribution >= 0.6 is 0 Å². The second-order valence-electron chi connectivity index (χ2n) is 5.66. The molecule has 2 aromatic carbocycles. The van der Waals surface area contributed by atoms with Crippen molar-refractivity contribution in [2.75, 3.05) is 17.2 Å². The fraction of sp³-hybridized carbons (Fsp3) is 0.333. The zero-order valence-electron chi connectivity index (χ0n) is 12.0. The van der Waals surface area contributed by atoms with Crippen molar-refractivity contribution in [3.05, 3.63) is 59.7 Å². The lowest BCUT2D eigenvalue weighted by molar-refractivity contribution is 0.472. The van der Waals surface area contributed by atoms with Crippen molar-refractivity contribution in [1.29, 1.82) is 0 Å². The Kier molecular flexibility index (Phi) is 3.64. The maximum Gasteiger partial charge on any atom is 0.0543 e. The normalized spacial score (nSPS) is 19.1. The standard InChI is InChI=1S/C18H22N2/c1-14-7-2-3-10-17(14)20-12-5-4-11-18(20)15-8-6-9-16(19)13-15/h2-3,6-10,13,18H,4-5,11-12,19H2,1H3. The molecule has 0 aliphatic carbocycles. The summed E-state index contributed by atoms with van der Waals surface area (Å²) in [6.45, 7) is 3.32. The van der Waals surface area contributed by atoms with Crippen molar-refractivity contribution < 1.29 is 0 Å². The van der Waals surface area contributed by atoms with E-state index in [1.165, 1.54) is 36.1 Å². The zero-order chi connectivity index (χ0) is 13.9. The van der Waals surface area contributed by atoms with Gasteiger partial charge in [-0.2, -0.15) is 0 Å². The van der Waals surface area contributed by atoms with Crippen LogP contribution in [-0.4, -0.2) is 6.54 Å². The summed E-state index contributed by atoms with van der Waals surface area (Å²) in [5, 5.41) is 0. The zero-order valence-corrected chi connectivity index (χ0v) is 12.0. The number of hydrogen-bond acceptors (Lipinski definition) is 2. The lowest BCUT2D eigenvalue weighted by atomic mass is 9.93. The Bertz CT molecular complexity index is 591. The molecule has 2 nitrogen and oxygen atoms in total. The SMILES string of the molecule is Cc1ccccc1N1CCCCC1c1cccc(N)c1. The highest BCUT2D eigenvalue weighted by Gasteiger charge is 2.25. The molecule has 1 aliphatic heterocycles. The van der Waals surface area contributed by atoms with Crippen molar-refractivity contribution in [2.24, 2.45) is 0 Å². The number of piperidine rings is 1. The monoisotopic (exact) mass is 266 g/mol. The molecule has 2 N–H and O–H groups in total. The molecule has 1 heterocycles. The topological polar surface area (TPSA) is 29.3 Å². The van der Waals surface area contributed by atoms with Crippen LogP contribution in [0.1, 0.15) is 36.4 Å². The number of nitrogens with zero attached hydrogens (tertiary/aromatic N) is 1. The summed E-state index contributed by atoms with van der Waals surface area (Å²) in [5.74, 6) is 0. The summed E-state index contributed by atoms with van der Waals surface area (Å²) in [5.41, 5.74) is 10.9. The maximum absolute atomic E-state index is 5.96. The molecular weight excluding hydrogens is 244 g/mol. The molecular formula is C18H22N2. The number of hydrogen-bond donors (Lipinski definition) is 1. The van der Waals surface area contributed by atoms with Crippen molar-refractivity contribution in [2.45, 2.75) is 32.2 Å². The van der Waals surface area contributed by atoms with Crippen LogP contribution in [0.5, 0.6) is 0 Å². The first-order chi connectivity index (χ1) is 9.75. The molecule has 0 saturated carbocycles. The minimum absolute atomic E-state index is 0.452. The molecule has 0 spiro atoms. The summed E-state index contributed by atoms with van der Waals surface area (Å²) in [4.78, 5) is 2.55. The lowest BCUT2D eigenvalue weighted by Gasteiger charge is -2.39. The van der Waals surface area contributed by atoms with E-state index in [0.29, 0.717) is 6.04 Å². The van der Waals surface area contributed by atoms with Gasteiger partial charge in [-0.05, 0) is 55.5 Å². The summed E-state index contributed by atoms with van der Waals surface area (Å²) in [7, 11) is 0. The molecule has 1 atom stereocenters. The van der Waals surface area contributed by atoms with Crippen molar-refractivity contribution >= 4 is 11.4 Å². The second kappa shape index (κ2) is 5.58. The third-order valence-electron chi connectivity index (χ3n) is 4.22. The van der Waals surface area contributed by atoms with Crippen LogP contribution in [0.3, 0.4) is 0 Å². The smallest absolute Gasteiger partial charge is 0.0543 e. The molecule has 3 rings (SSSR count). The van der Waals surface area contributed by atoms with Gasteiger partial charge in [-0.3, -0.25) is 0 Å². The summed E-state index contributed by atoms with van der Waals surface area (Å²) in [6.07, 6.45) is 3.77. The van der Waals surface area contributed by atoms with Crippen LogP contribution in [0, 0.1) is 6.92 Å². The summed E-state index contributed by atoms with van der Waals surface area (Å²) in [6, 6.07) is 17.5. The minimum Gasteiger partial charge on any atom is -0.399 e. The van der Waals surface area contributed by atoms with E-state index in [-0.39, 0.29) is 0 Å². The summed E-state index contributed by atoms with van der Waals surface area (Å²) >= 11 is 0. The fourth-order valence-corrected chi connectivity index (χ4v) is 3.22. The first-order valence-corrected chi connectivity index (χ1v) is 7.43. The number of anilines is 2. The van der Waals surface area contributed by atoms with E-state index < -0.39 is 0 Å². The molecule has 2 heteroatoms. The molecule has 1 saturated heterocycles. The number of para-hydroxylation sites is 1. The Balaban J connectivity index is 1.98. The molecule has 0 bridgehead atoms. The molecule has 0 amide bonds. The Morgan fingerprint density at radius 1 is 1.05 bits per heavy atom. The van der Waals surface area contributed by atoms with E-state index in [1.807, 2.05) is 6.07 Å². The van der Waals surface area contributed by atoms with Gasteiger partial charge in [0, 0.05) is 17.9 Å². The predicted molar refractivity (Wildman–Crippen MR) is 86.0 cm³/mol. The largest absolute Gasteiger partial charge is 0.399 e. The van der Waals surface area contributed by atoms with Gasteiger partial charge in [0.2, 0.25) is 0 Å².